The number of amides is 1. The highest BCUT2D eigenvalue weighted by molar-refractivity contribution is 5.94. The maximum absolute atomic E-state index is 12.7. The molecule has 1 aliphatic heterocycles. The summed E-state index contributed by atoms with van der Waals surface area (Å²) in [6, 6.07) is 18.5. The Labute approximate surface area is 178 Å². The number of carbonyl (C=O) groups excluding carboxylic acids is 1. The van der Waals surface area contributed by atoms with E-state index in [0.29, 0.717) is 12.1 Å². The molecule has 5 nitrogen and oxygen atoms in total. The molecule has 1 saturated carbocycles. The van der Waals surface area contributed by atoms with E-state index in [-0.39, 0.29) is 5.91 Å². The van der Waals surface area contributed by atoms with Crippen LogP contribution in [0.3, 0.4) is 0 Å². The van der Waals surface area contributed by atoms with Gasteiger partial charge in [0.05, 0.1) is 5.56 Å². The highest BCUT2D eigenvalue weighted by Gasteiger charge is 2.27. The zero-order valence-corrected chi connectivity index (χ0v) is 17.5. The standard InChI is InChI=1S/C25H30N4O/c30-25(26-13-12-20-4-2-1-3-5-20)22-8-9-23-10-11-24(29(23)19-22)28-16-14-27(15-17-28)18-21-6-7-21/h1-5,8-11,19,21H,6-7,12-18H2,(H,26,30). The Bertz CT molecular complexity index is 1000. The number of piperazine rings is 1. The number of fused-ring (bicyclic) bond motifs is 1. The molecule has 1 aromatic carbocycles. The van der Waals surface area contributed by atoms with Gasteiger partial charge in [0.2, 0.25) is 0 Å². The molecule has 0 spiro atoms. The highest BCUT2D eigenvalue weighted by atomic mass is 16.1. The Hall–Kier alpha value is -2.79. The van der Waals surface area contributed by atoms with Crippen molar-refractivity contribution in [1.82, 2.24) is 14.6 Å². The lowest BCUT2D eigenvalue weighted by molar-refractivity contribution is 0.0953. The summed E-state index contributed by atoms with van der Waals surface area (Å²) in [6.07, 6.45) is 5.66. The van der Waals surface area contributed by atoms with Crippen LogP contribution in [0.2, 0.25) is 0 Å². The van der Waals surface area contributed by atoms with Gasteiger partial charge in [-0.05, 0) is 55.0 Å². The van der Waals surface area contributed by atoms with Crippen LogP contribution in [0.25, 0.3) is 5.52 Å². The summed E-state index contributed by atoms with van der Waals surface area (Å²) in [7, 11) is 0. The zero-order valence-electron chi connectivity index (χ0n) is 17.5. The molecule has 1 saturated heterocycles. The first-order valence-corrected chi connectivity index (χ1v) is 11.2. The van der Waals surface area contributed by atoms with E-state index < -0.39 is 0 Å². The van der Waals surface area contributed by atoms with Gasteiger partial charge in [0.15, 0.2) is 0 Å². The van der Waals surface area contributed by atoms with Crippen molar-refractivity contribution in [3.63, 3.8) is 0 Å². The fraction of sp³-hybridized carbons (Fsp3) is 0.400. The molecule has 0 bridgehead atoms. The lowest BCUT2D eigenvalue weighted by Gasteiger charge is -2.35. The zero-order chi connectivity index (χ0) is 20.3. The second-order valence-corrected chi connectivity index (χ2v) is 8.63. The quantitative estimate of drug-likeness (QED) is 0.658. The molecule has 0 unspecified atom stereocenters. The predicted octanol–water partition coefficient (Wildman–Crippen LogP) is 3.44. The lowest BCUT2D eigenvalue weighted by Crippen LogP contribution is -2.47. The van der Waals surface area contributed by atoms with Crippen molar-refractivity contribution < 1.29 is 4.79 Å². The second-order valence-electron chi connectivity index (χ2n) is 8.63. The van der Waals surface area contributed by atoms with Gasteiger partial charge in [0.1, 0.15) is 5.82 Å². The van der Waals surface area contributed by atoms with Crippen LogP contribution >= 0.6 is 0 Å². The fourth-order valence-corrected chi connectivity index (χ4v) is 4.37. The third-order valence-corrected chi connectivity index (χ3v) is 6.34. The van der Waals surface area contributed by atoms with Crippen LogP contribution in [0.1, 0.15) is 28.8 Å². The average Bonchev–Trinajstić information content (AvgIpc) is 3.50. The third-order valence-electron chi connectivity index (χ3n) is 6.34. The van der Waals surface area contributed by atoms with Crippen LogP contribution in [0, 0.1) is 5.92 Å². The maximum Gasteiger partial charge on any atom is 0.252 e. The van der Waals surface area contributed by atoms with Gasteiger partial charge >= 0.3 is 0 Å². The van der Waals surface area contributed by atoms with Crippen molar-refractivity contribution in [3.05, 3.63) is 71.9 Å². The molecule has 5 heteroatoms. The van der Waals surface area contributed by atoms with Crippen molar-refractivity contribution in [3.8, 4) is 0 Å². The molecule has 2 fully saturated rings. The molecule has 2 aliphatic rings. The number of hydrogen-bond acceptors (Lipinski definition) is 3. The average molecular weight is 403 g/mol. The van der Waals surface area contributed by atoms with Gasteiger partial charge in [0, 0.05) is 51.0 Å². The van der Waals surface area contributed by atoms with E-state index in [9.17, 15) is 4.79 Å². The van der Waals surface area contributed by atoms with Crippen molar-refractivity contribution in [2.45, 2.75) is 19.3 Å². The minimum Gasteiger partial charge on any atom is -0.355 e. The summed E-state index contributed by atoms with van der Waals surface area (Å²) in [5.74, 6) is 2.13. The molecule has 3 heterocycles. The van der Waals surface area contributed by atoms with Gasteiger partial charge in [-0.25, -0.2) is 0 Å². The highest BCUT2D eigenvalue weighted by Crippen LogP contribution is 2.30. The number of nitrogens with one attached hydrogen (secondary N) is 1. The molecule has 1 N–H and O–H groups in total. The number of benzene rings is 1. The summed E-state index contributed by atoms with van der Waals surface area (Å²) in [6.45, 7) is 6.27. The molecule has 0 radical (unpaired) electrons. The van der Waals surface area contributed by atoms with Crippen LogP contribution in [0.4, 0.5) is 5.82 Å². The Balaban J connectivity index is 1.23. The van der Waals surface area contributed by atoms with Gasteiger partial charge in [0.25, 0.3) is 5.91 Å². The fourth-order valence-electron chi connectivity index (χ4n) is 4.37. The molecule has 3 aromatic rings. The lowest BCUT2D eigenvalue weighted by atomic mass is 10.1. The van der Waals surface area contributed by atoms with Crippen LogP contribution < -0.4 is 10.2 Å². The first-order valence-electron chi connectivity index (χ1n) is 11.2. The smallest absolute Gasteiger partial charge is 0.252 e. The van der Waals surface area contributed by atoms with E-state index in [4.69, 9.17) is 0 Å². The largest absolute Gasteiger partial charge is 0.355 e. The van der Waals surface area contributed by atoms with Gasteiger partial charge in [-0.2, -0.15) is 0 Å². The molecule has 0 atom stereocenters. The molecule has 1 amide bonds. The van der Waals surface area contributed by atoms with Gasteiger partial charge in [-0.3, -0.25) is 9.69 Å². The van der Waals surface area contributed by atoms with E-state index in [1.165, 1.54) is 30.8 Å². The van der Waals surface area contributed by atoms with Crippen LogP contribution in [0.5, 0.6) is 0 Å². The Morgan fingerprint density at radius 1 is 0.933 bits per heavy atom. The Morgan fingerprint density at radius 3 is 2.47 bits per heavy atom. The summed E-state index contributed by atoms with van der Waals surface area (Å²) >= 11 is 0. The SMILES string of the molecule is O=C(NCCc1ccccc1)c1ccc2ccc(N3CCN(CC4CC4)CC3)n2c1. The summed E-state index contributed by atoms with van der Waals surface area (Å²) in [4.78, 5) is 17.8. The number of aromatic nitrogens is 1. The normalized spacial score (nSPS) is 17.4. The third kappa shape index (κ3) is 4.36. The first-order chi connectivity index (χ1) is 14.8. The molecule has 2 aromatic heterocycles. The maximum atomic E-state index is 12.7. The monoisotopic (exact) mass is 402 g/mol. The molecule has 1 aliphatic carbocycles. The number of nitrogens with zero attached hydrogens (tertiary/aromatic N) is 3. The molecule has 5 rings (SSSR count). The summed E-state index contributed by atoms with van der Waals surface area (Å²) in [5, 5.41) is 3.06. The number of anilines is 1. The van der Waals surface area contributed by atoms with Crippen LogP contribution in [-0.4, -0.2) is 54.5 Å². The molecular formula is C25H30N4O. The van der Waals surface area contributed by atoms with Crippen LogP contribution in [0.15, 0.2) is 60.8 Å². The molecule has 156 valence electrons. The van der Waals surface area contributed by atoms with E-state index in [0.717, 1.165) is 44.0 Å². The van der Waals surface area contributed by atoms with Crippen molar-refractivity contribution in [1.29, 1.82) is 0 Å². The summed E-state index contributed by atoms with van der Waals surface area (Å²) in [5.41, 5.74) is 3.08. The minimum absolute atomic E-state index is 0.0123. The number of pyridine rings is 1. The van der Waals surface area contributed by atoms with E-state index in [2.05, 4.69) is 43.8 Å². The number of carbonyl (C=O) groups is 1. The Kier molecular flexibility index (Phi) is 5.45. The topological polar surface area (TPSA) is 40.0 Å². The second kappa shape index (κ2) is 8.52. The van der Waals surface area contributed by atoms with Crippen molar-refractivity contribution in [2.75, 3.05) is 44.2 Å². The van der Waals surface area contributed by atoms with Gasteiger partial charge in [-0.1, -0.05) is 30.3 Å². The predicted molar refractivity (Wildman–Crippen MR) is 121 cm³/mol. The first kappa shape index (κ1) is 19.2. The number of rotatable bonds is 7. The van der Waals surface area contributed by atoms with Crippen molar-refractivity contribution >= 4 is 17.2 Å². The van der Waals surface area contributed by atoms with Crippen LogP contribution in [-0.2, 0) is 6.42 Å². The van der Waals surface area contributed by atoms with E-state index >= 15 is 0 Å². The van der Waals surface area contributed by atoms with E-state index in [1.807, 2.05) is 36.5 Å². The summed E-state index contributed by atoms with van der Waals surface area (Å²) < 4.78 is 2.17. The number of hydrogen-bond donors (Lipinski definition) is 1. The van der Waals surface area contributed by atoms with Gasteiger partial charge in [-0.15, -0.1) is 0 Å². The molecular weight excluding hydrogens is 372 g/mol. The van der Waals surface area contributed by atoms with Gasteiger partial charge < -0.3 is 14.6 Å². The van der Waals surface area contributed by atoms with Crippen molar-refractivity contribution in [2.24, 2.45) is 5.92 Å². The minimum atomic E-state index is -0.0123. The van der Waals surface area contributed by atoms with E-state index in [1.54, 1.807) is 0 Å². The molecule has 30 heavy (non-hydrogen) atoms. The Morgan fingerprint density at radius 2 is 1.70 bits per heavy atom.